The highest BCUT2D eigenvalue weighted by atomic mass is 15.3. The molecule has 1 rings (SSSR count). The second-order valence-electron chi connectivity index (χ2n) is 3.70. The molecule has 1 aliphatic heterocycles. The normalized spacial score (nSPS) is 24.6. The van der Waals surface area contributed by atoms with Gasteiger partial charge in [0.05, 0.1) is 26.7 Å². The smallest absolute Gasteiger partial charge is 0.0784 e. The topological polar surface area (TPSA) is 0 Å². The van der Waals surface area contributed by atoms with Gasteiger partial charge in [0.2, 0.25) is 0 Å². The summed E-state index contributed by atoms with van der Waals surface area (Å²) in [7, 11) is 2.37. The van der Waals surface area contributed by atoms with Crippen LogP contribution in [0, 0.1) is 6.92 Å². The molecule has 1 radical (unpaired) electrons. The van der Waals surface area contributed by atoms with Gasteiger partial charge >= 0.3 is 0 Å². The van der Waals surface area contributed by atoms with Crippen LogP contribution in [0.1, 0.15) is 25.7 Å². The first-order valence-electron chi connectivity index (χ1n) is 4.40. The first-order chi connectivity index (χ1) is 4.77. The van der Waals surface area contributed by atoms with Gasteiger partial charge in [-0.1, -0.05) is 0 Å². The summed E-state index contributed by atoms with van der Waals surface area (Å²) in [5, 5.41) is 0. The first kappa shape index (κ1) is 8.06. The van der Waals surface area contributed by atoms with Crippen LogP contribution >= 0.6 is 0 Å². The molecule has 1 nitrogen and oxygen atoms in total. The van der Waals surface area contributed by atoms with Crippen molar-refractivity contribution in [2.24, 2.45) is 0 Å². The predicted octanol–water partition coefficient (Wildman–Crippen LogP) is 1.84. The van der Waals surface area contributed by atoms with Gasteiger partial charge < -0.3 is 4.48 Å². The Hall–Kier alpha value is -0.0400. The maximum Gasteiger partial charge on any atom is 0.0784 e. The minimum absolute atomic E-state index is 1.09. The summed E-state index contributed by atoms with van der Waals surface area (Å²) < 4.78 is 1.28. The van der Waals surface area contributed by atoms with Gasteiger partial charge in [0.15, 0.2) is 0 Å². The average molecular weight is 141 g/mol. The van der Waals surface area contributed by atoms with Crippen LogP contribution in [-0.2, 0) is 0 Å². The Morgan fingerprint density at radius 2 is 1.80 bits per heavy atom. The molecule has 0 bridgehead atoms. The van der Waals surface area contributed by atoms with Gasteiger partial charge in [0.1, 0.15) is 0 Å². The van der Waals surface area contributed by atoms with E-state index in [4.69, 9.17) is 0 Å². The summed E-state index contributed by atoms with van der Waals surface area (Å²) in [6, 6.07) is 0. The molecule has 1 heteroatoms. The molecule has 0 saturated carbocycles. The standard InChI is InChI=1S/C9H19N/c1-3-7-10(2)8-5-4-6-9-10/h1,3-9H2,2H3/q+1. The monoisotopic (exact) mass is 141 g/mol. The van der Waals surface area contributed by atoms with Crippen molar-refractivity contribution in [3.8, 4) is 0 Å². The quantitative estimate of drug-likeness (QED) is 0.515. The van der Waals surface area contributed by atoms with Crippen LogP contribution < -0.4 is 0 Å². The van der Waals surface area contributed by atoms with Crippen molar-refractivity contribution in [1.29, 1.82) is 0 Å². The molecule has 1 aliphatic rings. The van der Waals surface area contributed by atoms with Crippen molar-refractivity contribution in [2.45, 2.75) is 25.7 Å². The zero-order chi connectivity index (χ0) is 7.45. The summed E-state index contributed by atoms with van der Waals surface area (Å²) in [5.41, 5.74) is 0. The minimum atomic E-state index is 1.09. The number of hydrogen-bond donors (Lipinski definition) is 0. The maximum atomic E-state index is 3.91. The molecule has 0 amide bonds. The highest BCUT2D eigenvalue weighted by Gasteiger charge is 2.22. The lowest BCUT2D eigenvalue weighted by atomic mass is 10.1. The summed E-state index contributed by atoms with van der Waals surface area (Å²) in [6.45, 7) is 7.96. The third-order valence-corrected chi connectivity index (χ3v) is 2.59. The van der Waals surface area contributed by atoms with E-state index in [0.717, 1.165) is 6.42 Å². The molecule has 0 N–H and O–H groups in total. The van der Waals surface area contributed by atoms with E-state index in [9.17, 15) is 0 Å². The Morgan fingerprint density at radius 3 is 2.30 bits per heavy atom. The lowest BCUT2D eigenvalue weighted by molar-refractivity contribution is -0.913. The van der Waals surface area contributed by atoms with E-state index in [-0.39, 0.29) is 0 Å². The van der Waals surface area contributed by atoms with Crippen molar-refractivity contribution in [3.63, 3.8) is 0 Å². The summed E-state index contributed by atoms with van der Waals surface area (Å²) in [5.74, 6) is 0. The van der Waals surface area contributed by atoms with E-state index in [1.165, 1.54) is 43.4 Å². The lowest BCUT2D eigenvalue weighted by Crippen LogP contribution is -2.48. The molecular weight excluding hydrogens is 122 g/mol. The second-order valence-corrected chi connectivity index (χ2v) is 3.70. The van der Waals surface area contributed by atoms with Crippen LogP contribution in [0.3, 0.4) is 0 Å². The molecule has 0 atom stereocenters. The Morgan fingerprint density at radius 1 is 1.20 bits per heavy atom. The van der Waals surface area contributed by atoms with Crippen molar-refractivity contribution in [3.05, 3.63) is 6.92 Å². The zero-order valence-electron chi connectivity index (χ0n) is 7.10. The van der Waals surface area contributed by atoms with Gasteiger partial charge in [0.25, 0.3) is 0 Å². The molecule has 0 aromatic heterocycles. The second kappa shape index (κ2) is 3.38. The van der Waals surface area contributed by atoms with Crippen molar-refractivity contribution >= 4 is 0 Å². The van der Waals surface area contributed by atoms with Crippen molar-refractivity contribution < 1.29 is 4.48 Å². The van der Waals surface area contributed by atoms with Gasteiger partial charge in [-0.05, 0) is 32.6 Å². The summed E-state index contributed by atoms with van der Waals surface area (Å²) in [4.78, 5) is 0. The highest BCUT2D eigenvalue weighted by molar-refractivity contribution is 4.52. The first-order valence-corrected chi connectivity index (χ1v) is 4.40. The fourth-order valence-corrected chi connectivity index (χ4v) is 1.88. The van der Waals surface area contributed by atoms with Crippen LogP contribution in [0.5, 0.6) is 0 Å². The number of hydrogen-bond acceptors (Lipinski definition) is 0. The van der Waals surface area contributed by atoms with Crippen LogP contribution in [0.4, 0.5) is 0 Å². The molecule has 0 unspecified atom stereocenters. The molecule has 0 aromatic carbocycles. The van der Waals surface area contributed by atoms with E-state index in [0.29, 0.717) is 0 Å². The van der Waals surface area contributed by atoms with Crippen LogP contribution in [0.15, 0.2) is 0 Å². The SMILES string of the molecule is [CH2]CC[N+]1(C)CCCCC1. The molecule has 1 saturated heterocycles. The van der Waals surface area contributed by atoms with Crippen LogP contribution in [0.25, 0.3) is 0 Å². The summed E-state index contributed by atoms with van der Waals surface area (Å²) >= 11 is 0. The van der Waals surface area contributed by atoms with Crippen molar-refractivity contribution in [2.75, 3.05) is 26.7 Å². The van der Waals surface area contributed by atoms with E-state index >= 15 is 0 Å². The van der Waals surface area contributed by atoms with Crippen LogP contribution in [0.2, 0.25) is 0 Å². The predicted molar refractivity (Wildman–Crippen MR) is 44.6 cm³/mol. The highest BCUT2D eigenvalue weighted by Crippen LogP contribution is 2.15. The van der Waals surface area contributed by atoms with E-state index < -0.39 is 0 Å². The largest absolute Gasteiger partial charge is 0.326 e. The third-order valence-electron chi connectivity index (χ3n) is 2.59. The molecule has 1 fully saturated rings. The molecule has 59 valence electrons. The van der Waals surface area contributed by atoms with Gasteiger partial charge in [-0.2, -0.15) is 0 Å². The molecule has 1 heterocycles. The fourth-order valence-electron chi connectivity index (χ4n) is 1.88. The Bertz CT molecular complexity index is 87.4. The van der Waals surface area contributed by atoms with E-state index in [2.05, 4.69) is 14.0 Å². The van der Waals surface area contributed by atoms with Crippen LogP contribution in [-0.4, -0.2) is 31.2 Å². The van der Waals surface area contributed by atoms with Gasteiger partial charge in [-0.3, -0.25) is 0 Å². The Balaban J connectivity index is 2.32. The molecule has 0 aromatic rings. The lowest BCUT2D eigenvalue weighted by Gasteiger charge is -2.37. The van der Waals surface area contributed by atoms with Crippen molar-refractivity contribution in [1.82, 2.24) is 0 Å². The molecule has 0 spiro atoms. The third kappa shape index (κ3) is 1.98. The Kier molecular flexibility index (Phi) is 2.72. The zero-order valence-corrected chi connectivity index (χ0v) is 7.10. The van der Waals surface area contributed by atoms with E-state index in [1.807, 2.05) is 0 Å². The summed E-state index contributed by atoms with van der Waals surface area (Å²) in [6.07, 6.45) is 5.40. The van der Waals surface area contributed by atoms with Gasteiger partial charge in [0, 0.05) is 0 Å². The number of nitrogens with zero attached hydrogens (tertiary/aromatic N) is 1. The average Bonchev–Trinajstić information content (AvgIpc) is 1.89. The van der Waals surface area contributed by atoms with E-state index in [1.54, 1.807) is 0 Å². The minimum Gasteiger partial charge on any atom is -0.326 e. The fraction of sp³-hybridized carbons (Fsp3) is 0.889. The maximum absolute atomic E-state index is 3.91. The molecular formula is C9H19N+. The number of rotatable bonds is 2. The number of likely N-dealkylation sites (tertiary alicyclic amines) is 1. The van der Waals surface area contributed by atoms with Gasteiger partial charge in [-0.25, -0.2) is 0 Å². The number of piperidine rings is 1. The molecule has 0 aliphatic carbocycles. The Labute approximate surface area is 64.6 Å². The number of quaternary nitrogens is 1. The van der Waals surface area contributed by atoms with Gasteiger partial charge in [-0.15, -0.1) is 0 Å². The molecule has 10 heavy (non-hydrogen) atoms.